The monoisotopic (exact) mass is 269 g/mol. The SMILES string of the molecule is CC(=N[S@@](=O)C(C)(C)C)c1cnn2c1OCCC2. The number of hydrogen-bond donors (Lipinski definition) is 0. The maximum atomic E-state index is 12.0. The highest BCUT2D eigenvalue weighted by molar-refractivity contribution is 7.85. The summed E-state index contributed by atoms with van der Waals surface area (Å²) >= 11 is 0. The Hall–Kier alpha value is -1.17. The minimum absolute atomic E-state index is 0.352. The van der Waals surface area contributed by atoms with E-state index in [-0.39, 0.29) is 4.75 Å². The van der Waals surface area contributed by atoms with E-state index in [1.807, 2.05) is 32.4 Å². The van der Waals surface area contributed by atoms with Crippen molar-refractivity contribution in [2.24, 2.45) is 4.40 Å². The van der Waals surface area contributed by atoms with Crippen molar-refractivity contribution in [1.82, 2.24) is 9.78 Å². The lowest BCUT2D eigenvalue weighted by Crippen LogP contribution is -2.21. The third-order valence-electron chi connectivity index (χ3n) is 2.68. The molecule has 0 saturated heterocycles. The van der Waals surface area contributed by atoms with Crippen LogP contribution in [0.15, 0.2) is 10.6 Å². The van der Waals surface area contributed by atoms with E-state index < -0.39 is 11.0 Å². The van der Waals surface area contributed by atoms with Crippen LogP contribution in [0.25, 0.3) is 0 Å². The lowest BCUT2D eigenvalue weighted by Gasteiger charge is -2.17. The van der Waals surface area contributed by atoms with Crippen LogP contribution in [0.1, 0.15) is 39.7 Å². The number of aromatic nitrogens is 2. The molecule has 2 rings (SSSR count). The first-order chi connectivity index (χ1) is 8.39. The van der Waals surface area contributed by atoms with Crippen molar-refractivity contribution in [3.8, 4) is 5.88 Å². The summed E-state index contributed by atoms with van der Waals surface area (Å²) in [7, 11) is -1.26. The van der Waals surface area contributed by atoms with Gasteiger partial charge in [-0.3, -0.25) is 0 Å². The van der Waals surface area contributed by atoms with Crippen molar-refractivity contribution in [3.05, 3.63) is 11.8 Å². The molecule has 100 valence electrons. The van der Waals surface area contributed by atoms with Gasteiger partial charge in [-0.25, -0.2) is 8.89 Å². The van der Waals surface area contributed by atoms with Gasteiger partial charge >= 0.3 is 0 Å². The molecule has 0 unspecified atom stereocenters. The Morgan fingerprint density at radius 2 is 2.28 bits per heavy atom. The number of ether oxygens (including phenoxy) is 1. The maximum absolute atomic E-state index is 12.0. The smallest absolute Gasteiger partial charge is 0.221 e. The van der Waals surface area contributed by atoms with E-state index in [0.29, 0.717) is 12.3 Å². The molecular weight excluding hydrogens is 250 g/mol. The van der Waals surface area contributed by atoms with Crippen molar-refractivity contribution in [2.75, 3.05) is 6.61 Å². The zero-order chi connectivity index (χ0) is 13.3. The quantitative estimate of drug-likeness (QED) is 0.771. The minimum Gasteiger partial charge on any atom is -0.477 e. The first-order valence-electron chi connectivity index (χ1n) is 6.06. The summed E-state index contributed by atoms with van der Waals surface area (Å²) in [4.78, 5) is 0. The fourth-order valence-electron chi connectivity index (χ4n) is 1.63. The average Bonchev–Trinajstić information content (AvgIpc) is 2.71. The molecule has 0 fully saturated rings. The van der Waals surface area contributed by atoms with Gasteiger partial charge in [0.1, 0.15) is 11.0 Å². The molecule has 1 aromatic heterocycles. The molecule has 0 N–H and O–H groups in total. The Morgan fingerprint density at radius 1 is 1.56 bits per heavy atom. The third-order valence-corrected chi connectivity index (χ3v) is 4.16. The summed E-state index contributed by atoms with van der Waals surface area (Å²) in [5.74, 6) is 0.744. The summed E-state index contributed by atoms with van der Waals surface area (Å²) in [5, 5.41) is 4.26. The van der Waals surface area contributed by atoms with Gasteiger partial charge in [-0.15, -0.1) is 0 Å². The predicted octanol–water partition coefficient (Wildman–Crippen LogP) is 1.94. The molecule has 6 heteroatoms. The molecule has 0 radical (unpaired) electrons. The van der Waals surface area contributed by atoms with Crippen LogP contribution < -0.4 is 4.74 Å². The second-order valence-electron chi connectivity index (χ2n) is 5.33. The van der Waals surface area contributed by atoms with Crippen molar-refractivity contribution >= 4 is 16.7 Å². The van der Waals surface area contributed by atoms with Gasteiger partial charge in [0, 0.05) is 13.0 Å². The summed E-state index contributed by atoms with van der Waals surface area (Å²) < 4.78 is 23.3. The largest absolute Gasteiger partial charge is 0.477 e. The zero-order valence-electron chi connectivity index (χ0n) is 11.3. The Balaban J connectivity index is 2.29. The van der Waals surface area contributed by atoms with Crippen LogP contribution in [-0.4, -0.2) is 31.1 Å². The summed E-state index contributed by atoms with van der Waals surface area (Å²) in [6.45, 7) is 9.14. The molecule has 1 aliphatic heterocycles. The van der Waals surface area contributed by atoms with Gasteiger partial charge < -0.3 is 4.74 Å². The van der Waals surface area contributed by atoms with E-state index >= 15 is 0 Å². The number of fused-ring (bicyclic) bond motifs is 1. The van der Waals surface area contributed by atoms with Gasteiger partial charge in [-0.1, -0.05) is 0 Å². The van der Waals surface area contributed by atoms with Crippen LogP contribution in [0, 0.1) is 0 Å². The zero-order valence-corrected chi connectivity index (χ0v) is 12.1. The van der Waals surface area contributed by atoms with E-state index in [2.05, 4.69) is 9.50 Å². The van der Waals surface area contributed by atoms with Crippen LogP contribution >= 0.6 is 0 Å². The van der Waals surface area contributed by atoms with E-state index in [9.17, 15) is 4.21 Å². The molecule has 1 atom stereocenters. The van der Waals surface area contributed by atoms with Crippen molar-refractivity contribution < 1.29 is 8.95 Å². The summed E-state index contributed by atoms with van der Waals surface area (Å²) in [6.07, 6.45) is 2.71. The van der Waals surface area contributed by atoms with E-state index in [0.717, 1.165) is 24.4 Å². The minimum atomic E-state index is -1.26. The van der Waals surface area contributed by atoms with Gasteiger partial charge in [0.25, 0.3) is 0 Å². The lowest BCUT2D eigenvalue weighted by atomic mass is 10.2. The fraction of sp³-hybridized carbons (Fsp3) is 0.667. The molecule has 2 heterocycles. The number of hydrogen-bond acceptors (Lipinski definition) is 3. The third kappa shape index (κ3) is 2.63. The molecule has 0 bridgehead atoms. The lowest BCUT2D eigenvalue weighted by molar-refractivity contribution is 0.230. The van der Waals surface area contributed by atoms with Gasteiger partial charge in [0.05, 0.1) is 28.8 Å². The van der Waals surface area contributed by atoms with E-state index in [1.165, 1.54) is 0 Å². The van der Waals surface area contributed by atoms with Crippen LogP contribution in [0.3, 0.4) is 0 Å². The van der Waals surface area contributed by atoms with Gasteiger partial charge in [-0.05, 0) is 27.7 Å². The average molecular weight is 269 g/mol. The van der Waals surface area contributed by atoms with E-state index in [4.69, 9.17) is 4.74 Å². The molecule has 0 saturated carbocycles. The molecule has 5 nitrogen and oxygen atoms in total. The standard InChI is InChI=1S/C12H19N3O2S/c1-9(14-18(16)12(2,3)4)10-8-13-15-6-5-7-17-11(10)15/h8H,5-7H2,1-4H3/t18-/m0/s1. The van der Waals surface area contributed by atoms with Gasteiger partial charge in [0.2, 0.25) is 5.88 Å². The molecular formula is C12H19N3O2S. The second kappa shape index (κ2) is 4.84. The molecule has 0 aliphatic carbocycles. The Morgan fingerprint density at radius 3 is 2.94 bits per heavy atom. The topological polar surface area (TPSA) is 56.5 Å². The van der Waals surface area contributed by atoms with Crippen LogP contribution in [0.2, 0.25) is 0 Å². The predicted molar refractivity (Wildman–Crippen MR) is 72.4 cm³/mol. The normalized spacial score (nSPS) is 18.1. The van der Waals surface area contributed by atoms with E-state index in [1.54, 1.807) is 6.20 Å². The highest BCUT2D eigenvalue weighted by atomic mass is 32.2. The van der Waals surface area contributed by atoms with Crippen LogP contribution in [0.5, 0.6) is 5.88 Å². The molecule has 0 aromatic carbocycles. The Labute approximate surface area is 110 Å². The summed E-state index contributed by atoms with van der Waals surface area (Å²) in [6, 6.07) is 0. The first-order valence-corrected chi connectivity index (χ1v) is 7.16. The second-order valence-corrected chi connectivity index (χ2v) is 7.23. The van der Waals surface area contributed by atoms with Crippen molar-refractivity contribution in [3.63, 3.8) is 0 Å². The van der Waals surface area contributed by atoms with Gasteiger partial charge in [0.15, 0.2) is 0 Å². The van der Waals surface area contributed by atoms with Crippen molar-refractivity contribution in [2.45, 2.75) is 45.4 Å². The summed E-state index contributed by atoms with van der Waals surface area (Å²) in [5.41, 5.74) is 1.55. The van der Waals surface area contributed by atoms with Crippen molar-refractivity contribution in [1.29, 1.82) is 0 Å². The molecule has 1 aliphatic rings. The van der Waals surface area contributed by atoms with Crippen LogP contribution in [0.4, 0.5) is 0 Å². The molecule has 1 aromatic rings. The van der Waals surface area contributed by atoms with Gasteiger partial charge in [-0.2, -0.15) is 9.50 Å². The fourth-order valence-corrected chi connectivity index (χ4v) is 2.25. The van der Waals surface area contributed by atoms with Crippen LogP contribution in [-0.2, 0) is 17.5 Å². The Kier molecular flexibility index (Phi) is 3.56. The highest BCUT2D eigenvalue weighted by Gasteiger charge is 2.22. The molecule has 18 heavy (non-hydrogen) atoms. The molecule has 0 spiro atoms. The molecule has 0 amide bonds. The highest BCUT2D eigenvalue weighted by Crippen LogP contribution is 2.24. The Bertz CT molecular complexity index is 500. The number of aryl methyl sites for hydroxylation is 1. The maximum Gasteiger partial charge on any atom is 0.221 e. The first kappa shape index (κ1) is 13.3. The number of rotatable bonds is 2. The number of nitrogens with zero attached hydrogens (tertiary/aromatic N) is 3.